The molecule has 144 valence electrons. The van der Waals surface area contributed by atoms with Crippen molar-refractivity contribution in [3.05, 3.63) is 29.8 Å². The van der Waals surface area contributed by atoms with E-state index in [2.05, 4.69) is 5.32 Å². The van der Waals surface area contributed by atoms with Crippen LogP contribution in [0.1, 0.15) is 66.9 Å². The van der Waals surface area contributed by atoms with Crippen LogP contribution in [0.2, 0.25) is 0 Å². The predicted octanol–water partition coefficient (Wildman–Crippen LogP) is 3.61. The summed E-state index contributed by atoms with van der Waals surface area (Å²) in [5, 5.41) is 2.79. The van der Waals surface area contributed by atoms with Crippen molar-refractivity contribution in [1.29, 1.82) is 0 Å². The Bertz CT molecular complexity index is 618. The second kappa shape index (κ2) is 7.24. The summed E-state index contributed by atoms with van der Waals surface area (Å²) < 4.78 is 17.5. The van der Waals surface area contributed by atoms with E-state index >= 15 is 0 Å². The summed E-state index contributed by atoms with van der Waals surface area (Å²) in [5.74, 6) is 0.105. The lowest BCUT2D eigenvalue weighted by atomic mass is 9.78. The Balaban J connectivity index is 1.94. The lowest BCUT2D eigenvalue weighted by Gasteiger charge is -2.32. The van der Waals surface area contributed by atoms with Gasteiger partial charge in [-0.25, -0.2) is 4.79 Å². The van der Waals surface area contributed by atoms with Gasteiger partial charge in [-0.3, -0.25) is 0 Å². The molecule has 1 aliphatic rings. The molecule has 1 aliphatic heterocycles. The molecule has 2 rings (SSSR count). The zero-order valence-corrected chi connectivity index (χ0v) is 17.3. The highest BCUT2D eigenvalue weighted by atomic mass is 16.7. The van der Waals surface area contributed by atoms with Gasteiger partial charge >= 0.3 is 13.2 Å². The van der Waals surface area contributed by atoms with Crippen LogP contribution in [0.5, 0.6) is 0 Å². The maximum atomic E-state index is 11.8. The quantitative estimate of drug-likeness (QED) is 0.833. The zero-order chi connectivity index (χ0) is 19.8. The number of nitrogens with one attached hydrogen (secondary N) is 1. The lowest BCUT2D eigenvalue weighted by Crippen LogP contribution is -2.41. The van der Waals surface area contributed by atoms with Gasteiger partial charge in [-0.15, -0.1) is 0 Å². The van der Waals surface area contributed by atoms with Gasteiger partial charge in [-0.05, 0) is 59.5 Å². The van der Waals surface area contributed by atoms with E-state index in [0.717, 1.165) is 11.0 Å². The molecule has 0 bridgehead atoms. The molecule has 1 amide bonds. The van der Waals surface area contributed by atoms with Crippen molar-refractivity contribution in [2.24, 2.45) is 0 Å². The summed E-state index contributed by atoms with van der Waals surface area (Å²) in [6.45, 7) is 16.3. The van der Waals surface area contributed by atoms with E-state index in [1.165, 1.54) is 0 Å². The number of alkyl carbamates (subject to hydrolysis) is 1. The molecular formula is C20H32BNO4. The first-order valence-corrected chi connectivity index (χ1v) is 9.21. The molecule has 1 saturated heterocycles. The Labute approximate surface area is 157 Å². The summed E-state index contributed by atoms with van der Waals surface area (Å²) in [6, 6.07) is 8.11. The largest absolute Gasteiger partial charge is 0.494 e. The molecule has 1 fully saturated rings. The second-order valence-electron chi connectivity index (χ2n) is 9.13. The third kappa shape index (κ3) is 5.01. The van der Waals surface area contributed by atoms with Crippen molar-refractivity contribution in [2.45, 2.75) is 78.0 Å². The first-order chi connectivity index (χ1) is 11.8. The first kappa shape index (κ1) is 20.8. The molecule has 1 N–H and O–H groups in total. The van der Waals surface area contributed by atoms with Crippen molar-refractivity contribution >= 4 is 18.7 Å². The normalized spacial score (nSPS) is 19.9. The van der Waals surface area contributed by atoms with Crippen LogP contribution >= 0.6 is 0 Å². The second-order valence-corrected chi connectivity index (χ2v) is 9.13. The third-order valence-electron chi connectivity index (χ3n) is 4.97. The molecule has 0 saturated carbocycles. The average molecular weight is 361 g/mol. The van der Waals surface area contributed by atoms with Gasteiger partial charge in [0.2, 0.25) is 0 Å². The van der Waals surface area contributed by atoms with E-state index in [1.807, 2.05) is 79.7 Å². The van der Waals surface area contributed by atoms with Gasteiger partial charge in [0.25, 0.3) is 0 Å². The van der Waals surface area contributed by atoms with E-state index in [4.69, 9.17) is 14.0 Å². The number of hydrogen-bond acceptors (Lipinski definition) is 4. The molecule has 1 atom stereocenters. The van der Waals surface area contributed by atoms with Crippen molar-refractivity contribution in [1.82, 2.24) is 5.32 Å². The van der Waals surface area contributed by atoms with Crippen LogP contribution in [0.25, 0.3) is 0 Å². The first-order valence-electron chi connectivity index (χ1n) is 9.21. The van der Waals surface area contributed by atoms with Crippen LogP contribution in [0, 0.1) is 0 Å². The molecule has 6 heteroatoms. The summed E-state index contributed by atoms with van der Waals surface area (Å²) in [4.78, 5) is 11.8. The molecule has 1 heterocycles. The Hall–Kier alpha value is -1.53. The summed E-state index contributed by atoms with van der Waals surface area (Å²) >= 11 is 0. The summed E-state index contributed by atoms with van der Waals surface area (Å²) in [6.07, 6.45) is -0.391. The Morgan fingerprint density at radius 2 is 1.62 bits per heavy atom. The molecule has 0 aliphatic carbocycles. The fraction of sp³-hybridized carbons (Fsp3) is 0.650. The molecule has 1 aromatic rings. The number of hydrogen-bond donors (Lipinski definition) is 1. The Morgan fingerprint density at radius 1 is 1.12 bits per heavy atom. The minimum absolute atomic E-state index is 0.105. The highest BCUT2D eigenvalue weighted by molar-refractivity contribution is 6.62. The van der Waals surface area contributed by atoms with E-state index in [0.29, 0.717) is 6.61 Å². The zero-order valence-electron chi connectivity index (χ0n) is 17.3. The number of carbonyl (C=O) groups excluding carboxylic acids is 1. The SMILES string of the molecule is C[C@@H](COC(=O)NC(C)(C)C)c1ccc(B2OC(C)(C)C(C)(C)O2)cc1. The van der Waals surface area contributed by atoms with Crippen molar-refractivity contribution in [3.8, 4) is 0 Å². The van der Waals surface area contributed by atoms with Crippen LogP contribution in [0.3, 0.4) is 0 Å². The molecule has 0 spiro atoms. The molecule has 5 nitrogen and oxygen atoms in total. The number of benzene rings is 1. The van der Waals surface area contributed by atoms with E-state index in [-0.39, 0.29) is 29.8 Å². The monoisotopic (exact) mass is 361 g/mol. The van der Waals surface area contributed by atoms with Crippen LogP contribution in [-0.4, -0.2) is 36.6 Å². The van der Waals surface area contributed by atoms with Gasteiger partial charge < -0.3 is 19.4 Å². The van der Waals surface area contributed by atoms with Gasteiger partial charge in [0.15, 0.2) is 0 Å². The van der Waals surface area contributed by atoms with Crippen molar-refractivity contribution in [3.63, 3.8) is 0 Å². The van der Waals surface area contributed by atoms with Crippen LogP contribution in [0.4, 0.5) is 4.79 Å². The smallest absolute Gasteiger partial charge is 0.449 e. The van der Waals surface area contributed by atoms with Crippen molar-refractivity contribution in [2.75, 3.05) is 6.61 Å². The summed E-state index contributed by atoms with van der Waals surface area (Å²) in [5.41, 5.74) is 1.10. The van der Waals surface area contributed by atoms with Crippen LogP contribution in [-0.2, 0) is 14.0 Å². The number of rotatable bonds is 4. The van der Waals surface area contributed by atoms with E-state index < -0.39 is 6.09 Å². The van der Waals surface area contributed by atoms with E-state index in [9.17, 15) is 4.79 Å². The summed E-state index contributed by atoms with van der Waals surface area (Å²) in [7, 11) is -0.363. The molecule has 1 aromatic carbocycles. The maximum Gasteiger partial charge on any atom is 0.494 e. The van der Waals surface area contributed by atoms with Gasteiger partial charge in [0, 0.05) is 11.5 Å². The Morgan fingerprint density at radius 3 is 2.08 bits per heavy atom. The topological polar surface area (TPSA) is 56.8 Å². The molecule has 26 heavy (non-hydrogen) atoms. The Kier molecular flexibility index (Phi) is 5.79. The highest BCUT2D eigenvalue weighted by Crippen LogP contribution is 2.36. The average Bonchev–Trinajstić information content (AvgIpc) is 2.71. The van der Waals surface area contributed by atoms with Gasteiger partial charge in [-0.2, -0.15) is 0 Å². The van der Waals surface area contributed by atoms with Crippen LogP contribution in [0.15, 0.2) is 24.3 Å². The van der Waals surface area contributed by atoms with Gasteiger partial charge in [-0.1, -0.05) is 31.2 Å². The van der Waals surface area contributed by atoms with Crippen molar-refractivity contribution < 1.29 is 18.8 Å². The molecule has 0 radical (unpaired) electrons. The standard InChI is InChI=1S/C20H32BNO4/c1-14(13-24-17(23)22-18(2,3)4)15-9-11-16(12-10-15)21-25-19(5,6)20(7,8)26-21/h9-12,14H,13H2,1-8H3,(H,22,23)/t14-/m0/s1. The molecule has 0 aromatic heterocycles. The third-order valence-corrected chi connectivity index (χ3v) is 4.97. The maximum absolute atomic E-state index is 11.8. The lowest BCUT2D eigenvalue weighted by molar-refractivity contribution is 0.00578. The predicted molar refractivity (Wildman–Crippen MR) is 105 cm³/mol. The van der Waals surface area contributed by atoms with E-state index in [1.54, 1.807) is 0 Å². The molecule has 0 unspecified atom stereocenters. The fourth-order valence-corrected chi connectivity index (χ4v) is 2.60. The minimum Gasteiger partial charge on any atom is -0.449 e. The number of ether oxygens (including phenoxy) is 1. The van der Waals surface area contributed by atoms with Gasteiger partial charge in [0.05, 0.1) is 17.8 Å². The minimum atomic E-state index is -0.391. The van der Waals surface area contributed by atoms with Crippen LogP contribution < -0.4 is 10.8 Å². The number of carbonyl (C=O) groups is 1. The number of amides is 1. The molecular weight excluding hydrogens is 329 g/mol. The highest BCUT2D eigenvalue weighted by Gasteiger charge is 2.51. The van der Waals surface area contributed by atoms with Gasteiger partial charge in [0.1, 0.15) is 0 Å². The fourth-order valence-electron chi connectivity index (χ4n) is 2.60.